The van der Waals surface area contributed by atoms with Crippen LogP contribution in [0.1, 0.15) is 13.8 Å². The molecule has 0 heterocycles. The Kier molecular flexibility index (Phi) is 5.03. The summed E-state index contributed by atoms with van der Waals surface area (Å²) in [7, 11) is 1.55. The number of hydrogen-bond acceptors (Lipinski definition) is 4. The van der Waals surface area contributed by atoms with Gasteiger partial charge in [0.1, 0.15) is 5.69 Å². The van der Waals surface area contributed by atoms with E-state index in [2.05, 4.69) is 5.32 Å². The van der Waals surface area contributed by atoms with E-state index in [1.807, 2.05) is 13.8 Å². The van der Waals surface area contributed by atoms with Gasteiger partial charge in [0.15, 0.2) is 0 Å². The number of nitrogens with one attached hydrogen (secondary N) is 1. The summed E-state index contributed by atoms with van der Waals surface area (Å²) in [5.74, 6) is -0.641. The molecule has 1 rings (SSSR count). The lowest BCUT2D eigenvalue weighted by Gasteiger charge is -2.22. The Hall–Kier alpha value is -1.69. The van der Waals surface area contributed by atoms with E-state index in [1.54, 1.807) is 7.11 Å². The molecule has 18 heavy (non-hydrogen) atoms. The number of hydrogen-bond donors (Lipinski definition) is 1. The first kappa shape index (κ1) is 14.4. The Balaban J connectivity index is 3.02. The Morgan fingerprint density at radius 3 is 2.67 bits per heavy atom. The van der Waals surface area contributed by atoms with Gasteiger partial charge in [0.05, 0.1) is 17.6 Å². The molecule has 1 aromatic rings. The summed E-state index contributed by atoms with van der Waals surface area (Å²) in [5, 5.41) is 13.8. The number of para-hydroxylation sites is 1. The van der Waals surface area contributed by atoms with E-state index in [-0.39, 0.29) is 17.6 Å². The molecular formula is C12H17FN2O3. The second-order valence-corrected chi connectivity index (χ2v) is 4.34. The van der Waals surface area contributed by atoms with Crippen LogP contribution in [0.15, 0.2) is 18.2 Å². The minimum Gasteiger partial charge on any atom is -0.383 e. The zero-order valence-electron chi connectivity index (χ0n) is 10.6. The first-order valence-electron chi connectivity index (χ1n) is 5.65. The third-order valence-electron chi connectivity index (χ3n) is 2.66. The van der Waals surface area contributed by atoms with Crippen molar-refractivity contribution in [2.24, 2.45) is 5.92 Å². The van der Waals surface area contributed by atoms with Gasteiger partial charge in [0.25, 0.3) is 0 Å². The van der Waals surface area contributed by atoms with Gasteiger partial charge in [0.2, 0.25) is 5.82 Å². The fourth-order valence-corrected chi connectivity index (χ4v) is 1.60. The third-order valence-corrected chi connectivity index (χ3v) is 2.66. The lowest BCUT2D eigenvalue weighted by atomic mass is 10.0. The summed E-state index contributed by atoms with van der Waals surface area (Å²) in [6.07, 6.45) is 0. The molecule has 1 atom stereocenters. The Morgan fingerprint density at radius 2 is 2.17 bits per heavy atom. The van der Waals surface area contributed by atoms with Crippen LogP contribution in [-0.2, 0) is 4.74 Å². The van der Waals surface area contributed by atoms with Gasteiger partial charge in [-0.1, -0.05) is 19.9 Å². The molecule has 1 aromatic carbocycles. The molecule has 100 valence electrons. The normalized spacial score (nSPS) is 12.5. The monoisotopic (exact) mass is 256 g/mol. The molecule has 5 nitrogen and oxygen atoms in total. The number of nitro benzene ring substituents is 1. The number of nitro groups is 1. The molecule has 0 aliphatic carbocycles. The maximum absolute atomic E-state index is 13.4. The molecule has 6 heteroatoms. The molecule has 0 aromatic heterocycles. The van der Waals surface area contributed by atoms with Gasteiger partial charge in [-0.3, -0.25) is 10.1 Å². The van der Waals surface area contributed by atoms with Crippen molar-refractivity contribution in [1.82, 2.24) is 0 Å². The van der Waals surface area contributed by atoms with Crippen LogP contribution in [-0.4, -0.2) is 24.7 Å². The molecule has 0 saturated heterocycles. The van der Waals surface area contributed by atoms with Crippen LogP contribution in [0, 0.1) is 21.8 Å². The van der Waals surface area contributed by atoms with Gasteiger partial charge in [0, 0.05) is 7.11 Å². The van der Waals surface area contributed by atoms with Gasteiger partial charge in [-0.05, 0) is 18.1 Å². The number of anilines is 1. The molecule has 1 N–H and O–H groups in total. The highest BCUT2D eigenvalue weighted by atomic mass is 19.1. The quantitative estimate of drug-likeness (QED) is 0.628. The number of nitrogens with zero attached hydrogens (tertiary/aromatic N) is 1. The van der Waals surface area contributed by atoms with Crippen LogP contribution >= 0.6 is 0 Å². The van der Waals surface area contributed by atoms with Crippen LogP contribution in [0.4, 0.5) is 15.8 Å². The fraction of sp³-hybridized carbons (Fsp3) is 0.500. The summed E-state index contributed by atoms with van der Waals surface area (Å²) in [5.41, 5.74) is -0.352. The maximum atomic E-state index is 13.4. The van der Waals surface area contributed by atoms with Crippen LogP contribution in [0.3, 0.4) is 0 Å². The zero-order valence-corrected chi connectivity index (χ0v) is 10.6. The highest BCUT2D eigenvalue weighted by Crippen LogP contribution is 2.28. The number of halogens is 1. The minimum absolute atomic E-state index is 0.115. The summed E-state index contributed by atoms with van der Waals surface area (Å²) < 4.78 is 18.5. The second kappa shape index (κ2) is 6.30. The van der Waals surface area contributed by atoms with Crippen molar-refractivity contribution >= 4 is 11.4 Å². The highest BCUT2D eigenvalue weighted by molar-refractivity contribution is 5.62. The third kappa shape index (κ3) is 3.40. The van der Waals surface area contributed by atoms with Gasteiger partial charge in [-0.2, -0.15) is 4.39 Å². The molecule has 0 saturated carbocycles. The molecule has 0 spiro atoms. The molecule has 0 fully saturated rings. The summed E-state index contributed by atoms with van der Waals surface area (Å²) >= 11 is 0. The highest BCUT2D eigenvalue weighted by Gasteiger charge is 2.23. The van der Waals surface area contributed by atoms with E-state index in [0.717, 1.165) is 6.07 Å². The molecule has 0 radical (unpaired) electrons. The van der Waals surface area contributed by atoms with E-state index in [9.17, 15) is 14.5 Å². The minimum atomic E-state index is -0.843. The van der Waals surface area contributed by atoms with E-state index >= 15 is 0 Å². The van der Waals surface area contributed by atoms with Crippen molar-refractivity contribution in [2.75, 3.05) is 19.0 Å². The first-order valence-corrected chi connectivity index (χ1v) is 5.65. The van der Waals surface area contributed by atoms with Crippen molar-refractivity contribution in [1.29, 1.82) is 0 Å². The Bertz CT molecular complexity index is 424. The van der Waals surface area contributed by atoms with Crippen LogP contribution in [0.25, 0.3) is 0 Å². The fourth-order valence-electron chi connectivity index (χ4n) is 1.60. The molecule has 0 aliphatic rings. The first-order chi connectivity index (χ1) is 8.47. The van der Waals surface area contributed by atoms with Crippen LogP contribution in [0.2, 0.25) is 0 Å². The molecular weight excluding hydrogens is 239 g/mol. The maximum Gasteiger partial charge on any atom is 0.327 e. The van der Waals surface area contributed by atoms with Crippen molar-refractivity contribution in [3.8, 4) is 0 Å². The predicted molar refractivity (Wildman–Crippen MR) is 67.2 cm³/mol. The van der Waals surface area contributed by atoms with Crippen LogP contribution < -0.4 is 5.32 Å². The SMILES string of the molecule is COCC(Nc1cccc(F)c1[N+](=O)[O-])C(C)C. The topological polar surface area (TPSA) is 64.4 Å². The van der Waals surface area contributed by atoms with E-state index in [1.165, 1.54) is 12.1 Å². The summed E-state index contributed by atoms with van der Waals surface area (Å²) in [6, 6.07) is 3.89. The number of ether oxygens (including phenoxy) is 1. The lowest BCUT2D eigenvalue weighted by Crippen LogP contribution is -2.30. The molecule has 0 bridgehead atoms. The molecule has 0 aliphatic heterocycles. The zero-order chi connectivity index (χ0) is 13.7. The van der Waals surface area contributed by atoms with E-state index in [4.69, 9.17) is 4.74 Å². The van der Waals surface area contributed by atoms with Crippen molar-refractivity contribution in [2.45, 2.75) is 19.9 Å². The largest absolute Gasteiger partial charge is 0.383 e. The Morgan fingerprint density at radius 1 is 1.50 bits per heavy atom. The van der Waals surface area contributed by atoms with Crippen molar-refractivity contribution in [3.63, 3.8) is 0 Å². The molecule has 1 unspecified atom stereocenters. The number of rotatable bonds is 6. The average molecular weight is 256 g/mol. The van der Waals surface area contributed by atoms with Gasteiger partial charge in [-0.25, -0.2) is 0 Å². The number of benzene rings is 1. The van der Waals surface area contributed by atoms with Crippen LogP contribution in [0.5, 0.6) is 0 Å². The van der Waals surface area contributed by atoms with E-state index < -0.39 is 16.4 Å². The average Bonchev–Trinajstić information content (AvgIpc) is 2.27. The predicted octanol–water partition coefficient (Wildman–Crippen LogP) is 2.82. The summed E-state index contributed by atoms with van der Waals surface area (Å²) in [4.78, 5) is 10.1. The summed E-state index contributed by atoms with van der Waals surface area (Å²) in [6.45, 7) is 4.31. The lowest BCUT2D eigenvalue weighted by molar-refractivity contribution is -0.386. The number of methoxy groups -OCH3 is 1. The standard InChI is InChI=1S/C12H17FN2O3/c1-8(2)11(7-18-3)14-10-6-4-5-9(13)12(10)15(16)17/h4-6,8,11,14H,7H2,1-3H3. The van der Waals surface area contributed by atoms with Gasteiger partial charge in [-0.15, -0.1) is 0 Å². The smallest absolute Gasteiger partial charge is 0.327 e. The van der Waals surface area contributed by atoms with Gasteiger partial charge >= 0.3 is 5.69 Å². The van der Waals surface area contributed by atoms with Gasteiger partial charge < -0.3 is 10.1 Å². The van der Waals surface area contributed by atoms with E-state index in [0.29, 0.717) is 6.61 Å². The Labute approximate surface area is 105 Å². The van der Waals surface area contributed by atoms with Crippen molar-refractivity contribution in [3.05, 3.63) is 34.1 Å². The van der Waals surface area contributed by atoms with Crippen molar-refractivity contribution < 1.29 is 14.1 Å². The molecule has 0 amide bonds. The second-order valence-electron chi connectivity index (χ2n) is 4.34.